The molecule has 4 aromatic rings. The number of aromatic nitrogens is 2. The van der Waals surface area contributed by atoms with Crippen LogP contribution in [0.4, 0.5) is 5.69 Å². The number of benzene rings is 2. The van der Waals surface area contributed by atoms with Crippen LogP contribution in [0.3, 0.4) is 0 Å². The number of aromatic hydroxyl groups is 1. The topological polar surface area (TPSA) is 62.5 Å². The highest BCUT2D eigenvalue weighted by Crippen LogP contribution is 2.42. The Morgan fingerprint density at radius 1 is 0.970 bits per heavy atom. The summed E-state index contributed by atoms with van der Waals surface area (Å²) in [5.41, 5.74) is 3.90. The van der Waals surface area contributed by atoms with Gasteiger partial charge in [0.15, 0.2) is 5.11 Å². The molecule has 1 fully saturated rings. The Morgan fingerprint density at radius 2 is 1.73 bits per heavy atom. The molecule has 3 heterocycles. The third kappa shape index (κ3) is 4.03. The van der Waals surface area contributed by atoms with Crippen LogP contribution >= 0.6 is 12.2 Å². The average Bonchev–Trinajstić information content (AvgIpc) is 3.45. The van der Waals surface area contributed by atoms with Gasteiger partial charge in [-0.3, -0.25) is 4.98 Å². The van der Waals surface area contributed by atoms with Crippen LogP contribution < -0.4 is 15.0 Å². The van der Waals surface area contributed by atoms with Gasteiger partial charge in [-0.05, 0) is 91.9 Å². The van der Waals surface area contributed by atoms with Gasteiger partial charge in [-0.25, -0.2) is 0 Å². The minimum atomic E-state index is -0.154. The first-order chi connectivity index (χ1) is 16.2. The smallest absolute Gasteiger partial charge is 0.174 e. The minimum absolute atomic E-state index is 0.149. The summed E-state index contributed by atoms with van der Waals surface area (Å²) in [6, 6.07) is 24.9. The van der Waals surface area contributed by atoms with Gasteiger partial charge in [0, 0.05) is 29.5 Å². The monoisotopic (exact) mass is 456 g/mol. The molecule has 5 rings (SSSR count). The lowest BCUT2D eigenvalue weighted by atomic mass is 10.0. The summed E-state index contributed by atoms with van der Waals surface area (Å²) in [5.74, 6) is 1.06. The summed E-state index contributed by atoms with van der Waals surface area (Å²) in [6.45, 7) is 2.61. The van der Waals surface area contributed by atoms with E-state index in [0.29, 0.717) is 11.7 Å². The molecule has 2 aromatic heterocycles. The molecule has 0 saturated carbocycles. The Balaban J connectivity index is 1.61. The highest BCUT2D eigenvalue weighted by molar-refractivity contribution is 7.80. The number of thiocarbonyl (C=S) groups is 1. The van der Waals surface area contributed by atoms with Crippen LogP contribution in [-0.4, -0.2) is 26.4 Å². The second kappa shape index (κ2) is 8.96. The maximum atomic E-state index is 9.81. The predicted molar refractivity (Wildman–Crippen MR) is 133 cm³/mol. The molecule has 0 bridgehead atoms. The summed E-state index contributed by atoms with van der Waals surface area (Å²) in [7, 11) is 0. The quantitative estimate of drug-likeness (QED) is 0.391. The summed E-state index contributed by atoms with van der Waals surface area (Å²) >= 11 is 5.79. The van der Waals surface area contributed by atoms with Crippen LogP contribution in [0.15, 0.2) is 91.3 Å². The predicted octanol–water partition coefficient (Wildman–Crippen LogP) is 5.15. The van der Waals surface area contributed by atoms with Gasteiger partial charge < -0.3 is 24.6 Å². The Labute approximate surface area is 198 Å². The number of pyridine rings is 1. The van der Waals surface area contributed by atoms with E-state index in [1.807, 2.05) is 55.5 Å². The number of hydrogen-bond acceptors (Lipinski definition) is 4. The fourth-order valence-corrected chi connectivity index (χ4v) is 4.63. The average molecular weight is 457 g/mol. The lowest BCUT2D eigenvalue weighted by Gasteiger charge is -2.29. The first-order valence-corrected chi connectivity index (χ1v) is 11.3. The molecule has 1 aliphatic rings. The zero-order chi connectivity index (χ0) is 22.8. The van der Waals surface area contributed by atoms with Gasteiger partial charge in [0.05, 0.1) is 18.3 Å². The number of nitrogens with one attached hydrogen (secondary N) is 1. The summed E-state index contributed by atoms with van der Waals surface area (Å²) in [5, 5.41) is 13.9. The van der Waals surface area contributed by atoms with Gasteiger partial charge in [0.1, 0.15) is 17.5 Å². The normalized spacial score (nSPS) is 17.7. The largest absolute Gasteiger partial charge is 0.508 e. The molecule has 0 spiro atoms. The lowest BCUT2D eigenvalue weighted by Crippen LogP contribution is -2.30. The Morgan fingerprint density at radius 3 is 2.42 bits per heavy atom. The number of ether oxygens (including phenoxy) is 1. The van der Waals surface area contributed by atoms with Gasteiger partial charge in [0.2, 0.25) is 0 Å². The molecule has 7 heteroatoms. The van der Waals surface area contributed by atoms with Crippen molar-refractivity contribution in [2.75, 3.05) is 11.5 Å². The van der Waals surface area contributed by atoms with Crippen molar-refractivity contribution in [1.29, 1.82) is 0 Å². The summed E-state index contributed by atoms with van der Waals surface area (Å²) < 4.78 is 7.77. The van der Waals surface area contributed by atoms with E-state index in [0.717, 1.165) is 28.5 Å². The summed E-state index contributed by atoms with van der Waals surface area (Å²) in [6.07, 6.45) is 3.85. The van der Waals surface area contributed by atoms with Crippen LogP contribution in [-0.2, 0) is 0 Å². The third-order valence-electron chi connectivity index (χ3n) is 5.74. The summed E-state index contributed by atoms with van der Waals surface area (Å²) in [4.78, 5) is 6.71. The third-order valence-corrected chi connectivity index (χ3v) is 6.05. The fourth-order valence-electron chi connectivity index (χ4n) is 4.29. The maximum Gasteiger partial charge on any atom is 0.174 e. The van der Waals surface area contributed by atoms with Crippen LogP contribution in [0, 0.1) is 0 Å². The molecule has 0 unspecified atom stereocenters. The minimum Gasteiger partial charge on any atom is -0.508 e. The van der Waals surface area contributed by atoms with Crippen LogP contribution in [0.1, 0.15) is 30.4 Å². The molecular formula is C26H24N4O2S. The van der Waals surface area contributed by atoms with Crippen LogP contribution in [0.25, 0.3) is 5.69 Å². The van der Waals surface area contributed by atoms with Crippen molar-refractivity contribution in [3.05, 3.63) is 103 Å². The SMILES string of the molecule is CCOc1ccc(-n2cccc2[C@@H]2[C@H](c3ccccn3)NC(=S)N2c2ccc(O)cc2)cc1. The van der Waals surface area contributed by atoms with Crippen LogP contribution in [0.5, 0.6) is 11.5 Å². The zero-order valence-corrected chi connectivity index (χ0v) is 18.9. The number of nitrogens with zero attached hydrogens (tertiary/aromatic N) is 3. The van der Waals surface area contributed by atoms with Crippen molar-refractivity contribution in [2.24, 2.45) is 0 Å². The number of hydrogen-bond donors (Lipinski definition) is 2. The molecule has 0 radical (unpaired) electrons. The second-order valence-electron chi connectivity index (χ2n) is 7.74. The first-order valence-electron chi connectivity index (χ1n) is 10.9. The Hall–Kier alpha value is -3.84. The highest BCUT2D eigenvalue weighted by atomic mass is 32.1. The second-order valence-corrected chi connectivity index (χ2v) is 8.13. The fraction of sp³-hybridized carbons (Fsp3) is 0.154. The van der Waals surface area contributed by atoms with Crippen molar-refractivity contribution >= 4 is 23.0 Å². The van der Waals surface area contributed by atoms with Crippen molar-refractivity contribution in [1.82, 2.24) is 14.9 Å². The van der Waals surface area contributed by atoms with E-state index in [1.54, 1.807) is 18.3 Å². The molecule has 6 nitrogen and oxygen atoms in total. The van der Waals surface area contributed by atoms with E-state index in [1.165, 1.54) is 0 Å². The van der Waals surface area contributed by atoms with Gasteiger partial charge >= 0.3 is 0 Å². The molecule has 1 saturated heterocycles. The molecule has 2 atom stereocenters. The maximum absolute atomic E-state index is 9.81. The Kier molecular flexibility index (Phi) is 5.71. The van der Waals surface area contributed by atoms with E-state index in [4.69, 9.17) is 17.0 Å². The zero-order valence-electron chi connectivity index (χ0n) is 18.1. The van der Waals surface area contributed by atoms with Crippen molar-refractivity contribution in [3.8, 4) is 17.2 Å². The van der Waals surface area contributed by atoms with E-state index in [9.17, 15) is 5.11 Å². The van der Waals surface area contributed by atoms with Gasteiger partial charge in [0.25, 0.3) is 0 Å². The van der Waals surface area contributed by atoms with E-state index in [-0.39, 0.29) is 17.8 Å². The van der Waals surface area contributed by atoms with Crippen molar-refractivity contribution in [3.63, 3.8) is 0 Å². The highest BCUT2D eigenvalue weighted by Gasteiger charge is 2.42. The first kappa shape index (κ1) is 21.0. The van der Waals surface area contributed by atoms with E-state index in [2.05, 4.69) is 44.2 Å². The van der Waals surface area contributed by atoms with E-state index < -0.39 is 0 Å². The number of rotatable bonds is 6. The van der Waals surface area contributed by atoms with Gasteiger partial charge in [-0.15, -0.1) is 0 Å². The molecule has 2 aromatic carbocycles. The number of phenolic OH excluding ortho intramolecular Hbond substituents is 1. The van der Waals surface area contributed by atoms with Crippen LogP contribution in [0.2, 0.25) is 0 Å². The molecule has 33 heavy (non-hydrogen) atoms. The van der Waals surface area contributed by atoms with Gasteiger partial charge in [-0.1, -0.05) is 6.07 Å². The molecule has 2 N–H and O–H groups in total. The van der Waals surface area contributed by atoms with Crippen molar-refractivity contribution in [2.45, 2.75) is 19.0 Å². The molecule has 0 amide bonds. The molecule has 0 aliphatic carbocycles. The van der Waals surface area contributed by atoms with E-state index >= 15 is 0 Å². The standard InChI is InChI=1S/C26H24N4O2S/c1-2-32-21-14-10-18(11-15-21)29-17-5-7-23(29)25-24(22-6-3-4-16-27-22)28-26(33)30(25)19-8-12-20(31)13-9-19/h3-17,24-25,31H,2H2,1H3,(H,28,33)/t24-,25+/m0/s1. The van der Waals surface area contributed by atoms with Crippen molar-refractivity contribution < 1.29 is 9.84 Å². The lowest BCUT2D eigenvalue weighted by molar-refractivity contribution is 0.340. The Bertz CT molecular complexity index is 1240. The molecule has 166 valence electrons. The van der Waals surface area contributed by atoms with Gasteiger partial charge in [-0.2, -0.15) is 0 Å². The molecule has 1 aliphatic heterocycles. The number of phenols is 1. The number of anilines is 1. The molecular weight excluding hydrogens is 432 g/mol.